The zero-order valence-corrected chi connectivity index (χ0v) is 16.8. The van der Waals surface area contributed by atoms with Crippen molar-refractivity contribution >= 4 is 51.7 Å². The number of hydrogen-bond acceptors (Lipinski definition) is 4. The number of hydrogen-bond donors (Lipinski definition) is 1. The summed E-state index contributed by atoms with van der Waals surface area (Å²) in [6, 6.07) is 2.32. The zero-order chi connectivity index (χ0) is 16.4. The van der Waals surface area contributed by atoms with E-state index in [1.54, 1.807) is 11.8 Å². The Hall–Kier alpha value is -0.286. The van der Waals surface area contributed by atoms with E-state index in [0.717, 1.165) is 0 Å². The minimum Gasteiger partial charge on any atom is -0.477 e. The summed E-state index contributed by atoms with van der Waals surface area (Å²) in [5.74, 6) is -0.696. The van der Waals surface area contributed by atoms with Crippen molar-refractivity contribution in [3.63, 3.8) is 0 Å². The van der Waals surface area contributed by atoms with Crippen molar-refractivity contribution in [3.05, 3.63) is 10.7 Å². The van der Waals surface area contributed by atoms with Crippen LogP contribution in [0.1, 0.15) is 0 Å². The highest BCUT2D eigenvalue weighted by Gasteiger charge is 2.62. The van der Waals surface area contributed by atoms with Crippen LogP contribution in [0.4, 0.5) is 0 Å². The number of halogens is 1. The van der Waals surface area contributed by atoms with Gasteiger partial charge in [-0.15, -0.1) is 11.8 Å². The molecule has 1 N–H and O–H groups in total. The number of carbonyl (C=O) groups is 2. The molecule has 3 heterocycles. The van der Waals surface area contributed by atoms with Crippen molar-refractivity contribution in [1.82, 2.24) is 9.13 Å². The molecule has 2 fully saturated rings. The van der Waals surface area contributed by atoms with E-state index in [-0.39, 0.29) is 28.1 Å². The summed E-state index contributed by atoms with van der Waals surface area (Å²) >= 11 is 7.64. The highest BCUT2D eigenvalue weighted by atomic mass is 35.5. The number of rotatable bonds is 2. The van der Waals surface area contributed by atoms with Gasteiger partial charge in [-0.05, 0) is 12.1 Å². The first-order valence-corrected chi connectivity index (χ1v) is 15.2. The van der Waals surface area contributed by atoms with E-state index in [2.05, 4.69) is 30.4 Å². The molecule has 1 amide bonds. The third-order valence-electron chi connectivity index (χ3n) is 5.03. The molecule has 0 saturated carbocycles. The lowest BCUT2D eigenvalue weighted by Crippen LogP contribution is -2.76. The summed E-state index contributed by atoms with van der Waals surface area (Å²) in [6.07, 6.45) is 0. The zero-order valence-electron chi connectivity index (χ0n) is 13.2. The molecule has 3 aliphatic rings. The van der Waals surface area contributed by atoms with Crippen molar-refractivity contribution in [1.29, 1.82) is 0 Å². The number of carboxylic acid groups (broad SMARTS) is 1. The summed E-state index contributed by atoms with van der Waals surface area (Å²) < 4.78 is 2.56. The minimum absolute atomic E-state index is 0.00944. The fourth-order valence-electron chi connectivity index (χ4n) is 4.09. The van der Waals surface area contributed by atoms with Gasteiger partial charge in [0.25, 0.3) is 0 Å². The van der Waals surface area contributed by atoms with Crippen LogP contribution in [0.5, 0.6) is 0 Å². The second-order valence-corrected chi connectivity index (χ2v) is 18.6. The van der Waals surface area contributed by atoms with Crippen LogP contribution in [-0.2, 0) is 9.59 Å². The summed E-state index contributed by atoms with van der Waals surface area (Å²) in [6.45, 7) is 9.33. The predicted molar refractivity (Wildman–Crippen MR) is 93.8 cm³/mol. The lowest BCUT2D eigenvalue weighted by molar-refractivity contribution is -0.150. The van der Waals surface area contributed by atoms with E-state index in [1.807, 2.05) is 0 Å². The van der Waals surface area contributed by atoms with Gasteiger partial charge in [-0.25, -0.2) is 4.79 Å². The van der Waals surface area contributed by atoms with Gasteiger partial charge in [-0.2, -0.15) is 0 Å². The van der Waals surface area contributed by atoms with Crippen LogP contribution >= 0.6 is 23.4 Å². The lowest BCUT2D eigenvalue weighted by Gasteiger charge is -2.57. The van der Waals surface area contributed by atoms with Gasteiger partial charge in [0, 0.05) is 5.75 Å². The number of carboxylic acids is 1. The van der Waals surface area contributed by atoms with Crippen LogP contribution in [0, 0.1) is 0 Å². The number of carbonyl (C=O) groups excluding carboxylic acids is 1. The Morgan fingerprint density at radius 2 is 1.82 bits per heavy atom. The van der Waals surface area contributed by atoms with Crippen LogP contribution in [0.25, 0.3) is 0 Å². The quantitative estimate of drug-likeness (QED) is 0.592. The van der Waals surface area contributed by atoms with Crippen molar-refractivity contribution in [2.75, 3.05) is 5.75 Å². The monoisotopic (exact) mass is 376 g/mol. The number of β-lactam (4-membered cyclic amide) rings is 1. The molecular weight excluding hydrogens is 356 g/mol. The predicted octanol–water partition coefficient (Wildman–Crippen LogP) is 2.53. The Morgan fingerprint density at radius 1 is 1.27 bits per heavy atom. The van der Waals surface area contributed by atoms with Crippen molar-refractivity contribution in [2.24, 2.45) is 0 Å². The van der Waals surface area contributed by atoms with E-state index in [0.29, 0.717) is 5.75 Å². The Kier molecular flexibility index (Phi) is 3.84. The van der Waals surface area contributed by atoms with Crippen LogP contribution in [0.2, 0.25) is 38.3 Å². The Balaban J connectivity index is 1.95. The molecule has 3 aliphatic heterocycles. The van der Waals surface area contributed by atoms with Gasteiger partial charge in [-0.1, -0.05) is 37.8 Å². The largest absolute Gasteiger partial charge is 0.477 e. The molecule has 1 unspecified atom stereocenters. The number of aliphatic carboxylic acids is 1. The number of nitrogens with zero attached hydrogens (tertiary/aromatic N) is 2. The minimum atomic E-state index is -1.58. The highest BCUT2D eigenvalue weighted by molar-refractivity contribution is 8.00. The van der Waals surface area contributed by atoms with Crippen molar-refractivity contribution in [3.8, 4) is 0 Å². The summed E-state index contributed by atoms with van der Waals surface area (Å²) in [5, 5.41) is 9.55. The molecule has 22 heavy (non-hydrogen) atoms. The smallest absolute Gasteiger partial charge is 0.353 e. The first-order chi connectivity index (χ1) is 10.1. The van der Waals surface area contributed by atoms with Crippen molar-refractivity contribution < 1.29 is 14.7 Å². The maximum Gasteiger partial charge on any atom is 0.353 e. The van der Waals surface area contributed by atoms with E-state index in [4.69, 9.17) is 11.6 Å². The van der Waals surface area contributed by atoms with Gasteiger partial charge in [0.05, 0.1) is 5.03 Å². The second kappa shape index (κ2) is 5.10. The fourth-order valence-corrected chi connectivity index (χ4v) is 20.5. The number of amides is 1. The van der Waals surface area contributed by atoms with Gasteiger partial charge in [-0.3, -0.25) is 9.69 Å². The van der Waals surface area contributed by atoms with E-state index >= 15 is 0 Å². The highest BCUT2D eigenvalue weighted by Crippen LogP contribution is 2.49. The molecule has 3 rings (SSSR count). The van der Waals surface area contributed by atoms with Crippen LogP contribution < -0.4 is 0 Å². The van der Waals surface area contributed by atoms with Gasteiger partial charge < -0.3 is 9.34 Å². The fraction of sp³-hybridized carbons (Fsp3) is 0.692. The molecule has 0 aromatic rings. The maximum absolute atomic E-state index is 12.8. The van der Waals surface area contributed by atoms with Crippen LogP contribution in [0.15, 0.2) is 10.7 Å². The Labute approximate surface area is 141 Å². The number of fused-ring (bicyclic) bond motifs is 1. The third kappa shape index (κ3) is 2.22. The Morgan fingerprint density at radius 3 is 2.32 bits per heavy atom. The van der Waals surface area contributed by atoms with Crippen LogP contribution in [0.3, 0.4) is 0 Å². The normalized spacial score (nSPS) is 33.7. The van der Waals surface area contributed by atoms with Crippen molar-refractivity contribution in [2.45, 2.75) is 49.7 Å². The molecule has 0 aromatic heterocycles. The van der Waals surface area contributed by atoms with Gasteiger partial charge in [0.15, 0.2) is 0 Å². The summed E-state index contributed by atoms with van der Waals surface area (Å²) in [5.41, 5.74) is -0.00944. The first-order valence-electron chi connectivity index (χ1n) is 7.44. The SMILES string of the molecule is C[Si]1(C)CC[Si](C)(C)N1C1C(=O)N2C(C(=O)O)=C(Cl)CS[C@@H]12. The molecular formula is C13H21ClN2O3SSi2. The standard InChI is InChI=1S/C13H21ClN2O3SSi2/c1-21(2)5-6-22(3,4)16(21)10-11(17)15-9(13(18)19)8(14)7-20-12(10)15/h10,12H,5-7H2,1-4H3,(H,18,19)/t10?,12-/m0/s1. The molecule has 122 valence electrons. The molecule has 2 saturated heterocycles. The van der Waals surface area contributed by atoms with E-state index in [1.165, 1.54) is 17.0 Å². The molecule has 0 spiro atoms. The van der Waals surface area contributed by atoms with E-state index in [9.17, 15) is 14.7 Å². The van der Waals surface area contributed by atoms with E-state index < -0.39 is 22.4 Å². The Bertz CT molecular complexity index is 580. The lowest BCUT2D eigenvalue weighted by atomic mass is 10.1. The molecule has 0 aliphatic carbocycles. The van der Waals surface area contributed by atoms with Crippen LogP contribution in [-0.4, -0.2) is 59.8 Å². The molecule has 2 atom stereocenters. The average molecular weight is 377 g/mol. The van der Waals surface area contributed by atoms with Gasteiger partial charge >= 0.3 is 5.97 Å². The topological polar surface area (TPSA) is 60.9 Å². The summed E-state index contributed by atoms with van der Waals surface area (Å²) in [7, 11) is -3.17. The van der Waals surface area contributed by atoms with Gasteiger partial charge in [0.1, 0.15) is 33.6 Å². The molecule has 0 radical (unpaired) electrons. The maximum atomic E-state index is 12.8. The average Bonchev–Trinajstić information content (AvgIpc) is 2.61. The first kappa shape index (κ1) is 16.6. The molecule has 0 bridgehead atoms. The van der Waals surface area contributed by atoms with Gasteiger partial charge in [0.2, 0.25) is 5.91 Å². The second-order valence-electron chi connectivity index (χ2n) is 7.41. The summed E-state index contributed by atoms with van der Waals surface area (Å²) in [4.78, 5) is 25.6. The molecule has 0 aromatic carbocycles. The third-order valence-corrected chi connectivity index (χ3v) is 17.0. The molecule has 5 nitrogen and oxygen atoms in total. The molecule has 9 heteroatoms. The number of thioether (sulfide) groups is 1.